The number of benzene rings is 2. The summed E-state index contributed by atoms with van der Waals surface area (Å²) in [7, 11) is 0. The first kappa shape index (κ1) is 17.7. The molecular formula is C19H17F3N4O. The van der Waals surface area contributed by atoms with Crippen LogP contribution in [0.15, 0.2) is 53.1 Å². The van der Waals surface area contributed by atoms with Gasteiger partial charge < -0.3 is 4.52 Å². The van der Waals surface area contributed by atoms with Crippen LogP contribution < -0.4 is 10.9 Å². The Morgan fingerprint density at radius 3 is 2.59 bits per heavy atom. The number of hydrazine groups is 1. The Hall–Kier alpha value is -2.71. The van der Waals surface area contributed by atoms with Crippen LogP contribution in [0.4, 0.5) is 13.2 Å². The Bertz CT molecular complexity index is 954. The average Bonchev–Trinajstić information content (AvgIpc) is 3.31. The topological polar surface area (TPSA) is 63.0 Å². The van der Waals surface area contributed by atoms with Gasteiger partial charge in [-0.1, -0.05) is 41.6 Å². The van der Waals surface area contributed by atoms with Gasteiger partial charge in [0.15, 0.2) is 0 Å². The molecule has 140 valence electrons. The molecule has 5 nitrogen and oxygen atoms in total. The van der Waals surface area contributed by atoms with Crippen LogP contribution in [0, 0.1) is 6.92 Å². The number of alkyl halides is 3. The number of aromatic nitrogens is 2. The first-order valence-corrected chi connectivity index (χ1v) is 8.49. The third kappa shape index (κ3) is 3.58. The Morgan fingerprint density at radius 2 is 1.81 bits per heavy atom. The number of halogens is 3. The van der Waals surface area contributed by atoms with Crippen molar-refractivity contribution >= 4 is 0 Å². The summed E-state index contributed by atoms with van der Waals surface area (Å²) >= 11 is 0. The molecule has 1 fully saturated rings. The standard InChI is InChI=1S/C19H17F3N4O/c1-11-5-2-3-8-14(11)15-10-16(25-24-15)18-23-17(26-27-18)12-6-4-7-13(9-12)19(20,21)22/h2-9,15-16,24-25H,10H2,1H3. The molecule has 8 heteroatoms. The van der Waals surface area contributed by atoms with Crippen LogP contribution in [-0.4, -0.2) is 10.1 Å². The highest BCUT2D eigenvalue weighted by atomic mass is 19.4. The molecule has 0 saturated carbocycles. The molecule has 1 aliphatic rings. The molecule has 2 atom stereocenters. The highest BCUT2D eigenvalue weighted by Gasteiger charge is 2.32. The number of aryl methyl sites for hydroxylation is 1. The molecule has 1 aromatic heterocycles. The minimum atomic E-state index is -4.42. The van der Waals surface area contributed by atoms with Crippen LogP contribution in [0.3, 0.4) is 0 Å². The fourth-order valence-electron chi connectivity index (χ4n) is 3.23. The molecule has 0 spiro atoms. The number of hydrogen-bond donors (Lipinski definition) is 2. The van der Waals surface area contributed by atoms with Crippen molar-refractivity contribution in [3.8, 4) is 11.4 Å². The van der Waals surface area contributed by atoms with Crippen LogP contribution >= 0.6 is 0 Å². The Labute approximate surface area is 153 Å². The van der Waals surface area contributed by atoms with Crippen molar-refractivity contribution in [1.82, 2.24) is 21.0 Å². The van der Waals surface area contributed by atoms with E-state index in [0.717, 1.165) is 12.1 Å². The van der Waals surface area contributed by atoms with E-state index in [2.05, 4.69) is 27.1 Å². The van der Waals surface area contributed by atoms with Crippen molar-refractivity contribution in [2.24, 2.45) is 0 Å². The fraction of sp³-hybridized carbons (Fsp3) is 0.263. The molecule has 0 bridgehead atoms. The molecule has 2 heterocycles. The lowest BCUT2D eigenvalue weighted by Crippen LogP contribution is -2.27. The van der Waals surface area contributed by atoms with E-state index in [4.69, 9.17) is 4.52 Å². The predicted octanol–water partition coefficient (Wildman–Crippen LogP) is 4.34. The van der Waals surface area contributed by atoms with Crippen molar-refractivity contribution in [3.05, 3.63) is 71.1 Å². The van der Waals surface area contributed by atoms with Gasteiger partial charge in [0.05, 0.1) is 5.56 Å². The summed E-state index contributed by atoms with van der Waals surface area (Å²) in [6.45, 7) is 2.04. The normalized spacial score (nSPS) is 20.1. The van der Waals surface area contributed by atoms with E-state index in [9.17, 15) is 13.2 Å². The molecule has 3 aromatic rings. The van der Waals surface area contributed by atoms with E-state index in [-0.39, 0.29) is 23.5 Å². The number of nitrogens with one attached hydrogen (secondary N) is 2. The molecule has 0 amide bonds. The molecule has 1 aliphatic heterocycles. The maximum atomic E-state index is 12.9. The average molecular weight is 374 g/mol. The van der Waals surface area contributed by atoms with Gasteiger partial charge in [-0.15, -0.1) is 0 Å². The zero-order valence-electron chi connectivity index (χ0n) is 14.4. The number of hydrogen-bond acceptors (Lipinski definition) is 5. The second-order valence-electron chi connectivity index (χ2n) is 6.52. The number of rotatable bonds is 3. The molecule has 27 heavy (non-hydrogen) atoms. The minimum absolute atomic E-state index is 0.0834. The SMILES string of the molecule is Cc1ccccc1C1CC(c2nc(-c3cccc(C(F)(F)F)c3)no2)NN1. The Balaban J connectivity index is 1.53. The zero-order valence-corrected chi connectivity index (χ0v) is 14.4. The highest BCUT2D eigenvalue weighted by molar-refractivity contribution is 5.55. The van der Waals surface area contributed by atoms with Gasteiger partial charge in [0, 0.05) is 11.6 Å². The summed E-state index contributed by atoms with van der Waals surface area (Å²) in [5.41, 5.74) is 8.20. The van der Waals surface area contributed by atoms with E-state index >= 15 is 0 Å². The third-order valence-corrected chi connectivity index (χ3v) is 4.66. The van der Waals surface area contributed by atoms with Gasteiger partial charge in [0.25, 0.3) is 0 Å². The minimum Gasteiger partial charge on any atom is -0.337 e. The molecule has 0 aliphatic carbocycles. The molecule has 2 aromatic carbocycles. The summed E-state index contributed by atoms with van der Waals surface area (Å²) in [5, 5.41) is 3.85. The lowest BCUT2D eigenvalue weighted by atomic mass is 9.98. The summed E-state index contributed by atoms with van der Waals surface area (Å²) in [6.07, 6.45) is -3.73. The van der Waals surface area contributed by atoms with Crippen molar-refractivity contribution in [2.45, 2.75) is 31.6 Å². The van der Waals surface area contributed by atoms with E-state index in [1.165, 1.54) is 23.3 Å². The van der Waals surface area contributed by atoms with E-state index < -0.39 is 11.7 Å². The Morgan fingerprint density at radius 1 is 1.04 bits per heavy atom. The van der Waals surface area contributed by atoms with Crippen molar-refractivity contribution in [3.63, 3.8) is 0 Å². The molecule has 1 saturated heterocycles. The summed E-state index contributed by atoms with van der Waals surface area (Å²) < 4.78 is 44.0. The quantitative estimate of drug-likeness (QED) is 0.714. The molecule has 2 unspecified atom stereocenters. The maximum absolute atomic E-state index is 12.9. The van der Waals surface area contributed by atoms with Crippen molar-refractivity contribution in [1.29, 1.82) is 0 Å². The first-order chi connectivity index (χ1) is 12.9. The van der Waals surface area contributed by atoms with Crippen LogP contribution in [0.1, 0.15) is 41.1 Å². The third-order valence-electron chi connectivity index (χ3n) is 4.66. The van der Waals surface area contributed by atoms with E-state index in [1.54, 1.807) is 0 Å². The van der Waals surface area contributed by atoms with Gasteiger partial charge in [-0.25, -0.2) is 10.9 Å². The van der Waals surface area contributed by atoms with Gasteiger partial charge >= 0.3 is 6.18 Å². The van der Waals surface area contributed by atoms with Gasteiger partial charge in [-0.2, -0.15) is 18.2 Å². The van der Waals surface area contributed by atoms with Gasteiger partial charge in [0.2, 0.25) is 11.7 Å². The van der Waals surface area contributed by atoms with Crippen molar-refractivity contribution in [2.75, 3.05) is 0 Å². The zero-order chi connectivity index (χ0) is 19.0. The van der Waals surface area contributed by atoms with Gasteiger partial charge in [0.1, 0.15) is 6.04 Å². The van der Waals surface area contributed by atoms with Crippen LogP contribution in [0.2, 0.25) is 0 Å². The molecule has 2 N–H and O–H groups in total. The first-order valence-electron chi connectivity index (χ1n) is 8.49. The lowest BCUT2D eigenvalue weighted by Gasteiger charge is -2.12. The molecule has 0 radical (unpaired) electrons. The second kappa shape index (κ2) is 6.79. The highest BCUT2D eigenvalue weighted by Crippen LogP contribution is 2.34. The predicted molar refractivity (Wildman–Crippen MR) is 92.3 cm³/mol. The maximum Gasteiger partial charge on any atom is 0.416 e. The number of nitrogens with zero attached hydrogens (tertiary/aromatic N) is 2. The smallest absolute Gasteiger partial charge is 0.337 e. The fourth-order valence-corrected chi connectivity index (χ4v) is 3.23. The van der Waals surface area contributed by atoms with Crippen LogP contribution in [0.5, 0.6) is 0 Å². The Kier molecular flexibility index (Phi) is 4.45. The largest absolute Gasteiger partial charge is 0.416 e. The second-order valence-corrected chi connectivity index (χ2v) is 6.52. The monoisotopic (exact) mass is 374 g/mol. The molecule has 4 rings (SSSR count). The lowest BCUT2D eigenvalue weighted by molar-refractivity contribution is -0.137. The summed E-state index contributed by atoms with van der Waals surface area (Å²) in [6, 6.07) is 12.8. The van der Waals surface area contributed by atoms with Gasteiger partial charge in [-0.3, -0.25) is 0 Å². The van der Waals surface area contributed by atoms with Crippen LogP contribution in [-0.2, 0) is 6.18 Å². The van der Waals surface area contributed by atoms with Crippen LogP contribution in [0.25, 0.3) is 11.4 Å². The van der Waals surface area contributed by atoms with Gasteiger partial charge in [-0.05, 0) is 36.6 Å². The summed E-state index contributed by atoms with van der Waals surface area (Å²) in [4.78, 5) is 4.29. The van der Waals surface area contributed by atoms with Crippen molar-refractivity contribution < 1.29 is 17.7 Å². The van der Waals surface area contributed by atoms with E-state index in [0.29, 0.717) is 12.3 Å². The molecular weight excluding hydrogens is 357 g/mol. The summed E-state index contributed by atoms with van der Waals surface area (Å²) in [5.74, 6) is 0.475. The van der Waals surface area contributed by atoms with E-state index in [1.807, 2.05) is 25.1 Å².